The van der Waals surface area contributed by atoms with Crippen LogP contribution in [0.5, 0.6) is 5.88 Å². The summed E-state index contributed by atoms with van der Waals surface area (Å²) in [5.41, 5.74) is -0.269. The fraction of sp³-hybridized carbons (Fsp3) is 0.643. The molecular weight excluding hydrogens is 274 g/mol. The summed E-state index contributed by atoms with van der Waals surface area (Å²) >= 11 is 0. The van der Waals surface area contributed by atoms with Gasteiger partial charge in [-0.1, -0.05) is 0 Å². The van der Waals surface area contributed by atoms with Gasteiger partial charge in [0.25, 0.3) is 0 Å². The highest BCUT2D eigenvalue weighted by Gasteiger charge is 2.49. The number of rotatable bonds is 4. The maximum atomic E-state index is 11.7. The first-order valence-electron chi connectivity index (χ1n) is 7.04. The molecule has 3 heterocycles. The molecule has 21 heavy (non-hydrogen) atoms. The lowest BCUT2D eigenvalue weighted by molar-refractivity contribution is -0.195. The van der Waals surface area contributed by atoms with Gasteiger partial charge >= 0.3 is 0 Å². The van der Waals surface area contributed by atoms with Crippen molar-refractivity contribution in [3.05, 3.63) is 18.6 Å². The predicted octanol–water partition coefficient (Wildman–Crippen LogP) is 0.262. The molecule has 0 bridgehead atoms. The average Bonchev–Trinajstić information content (AvgIpc) is 2.46. The van der Waals surface area contributed by atoms with E-state index in [9.17, 15) is 4.79 Å². The zero-order chi connectivity index (χ0) is 14.7. The molecule has 2 aliphatic rings. The molecule has 2 saturated heterocycles. The summed E-state index contributed by atoms with van der Waals surface area (Å²) in [4.78, 5) is 21.6. The second-order valence-corrected chi connectivity index (χ2v) is 5.49. The van der Waals surface area contributed by atoms with Gasteiger partial charge in [0.05, 0.1) is 25.9 Å². The van der Waals surface area contributed by atoms with Crippen LogP contribution >= 0.6 is 0 Å². The Bertz CT molecular complexity index is 490. The Kier molecular flexibility index (Phi) is 4.03. The molecule has 0 aliphatic carbocycles. The average molecular weight is 293 g/mol. The van der Waals surface area contributed by atoms with Crippen LogP contribution in [0.15, 0.2) is 18.6 Å². The molecule has 1 aromatic rings. The van der Waals surface area contributed by atoms with E-state index in [4.69, 9.17) is 14.2 Å². The summed E-state index contributed by atoms with van der Waals surface area (Å²) in [5.74, 6) is 0.537. The Morgan fingerprint density at radius 1 is 1.52 bits per heavy atom. The van der Waals surface area contributed by atoms with Crippen molar-refractivity contribution >= 4 is 5.91 Å². The second-order valence-electron chi connectivity index (χ2n) is 5.49. The van der Waals surface area contributed by atoms with Crippen molar-refractivity contribution in [2.24, 2.45) is 0 Å². The molecule has 2 fully saturated rings. The summed E-state index contributed by atoms with van der Waals surface area (Å²) in [7, 11) is 1.52. The molecule has 0 radical (unpaired) electrons. The van der Waals surface area contributed by atoms with Gasteiger partial charge in [0, 0.05) is 32.3 Å². The normalized spacial score (nSPS) is 23.7. The van der Waals surface area contributed by atoms with Gasteiger partial charge in [0.2, 0.25) is 11.8 Å². The fourth-order valence-corrected chi connectivity index (χ4v) is 2.86. The minimum atomic E-state index is -0.269. The SMILES string of the molecule is COCC(=O)N1CC2(CC(Oc3cnccn3)CCO2)C1. The molecule has 7 heteroatoms. The lowest BCUT2D eigenvalue weighted by Crippen LogP contribution is -2.68. The lowest BCUT2D eigenvalue weighted by atomic mass is 9.84. The maximum absolute atomic E-state index is 11.7. The van der Waals surface area contributed by atoms with Crippen LogP contribution in [0.2, 0.25) is 0 Å². The Morgan fingerprint density at radius 2 is 2.38 bits per heavy atom. The summed E-state index contributed by atoms with van der Waals surface area (Å²) in [6.07, 6.45) is 6.47. The molecule has 1 amide bonds. The van der Waals surface area contributed by atoms with Crippen LogP contribution in [0, 0.1) is 0 Å². The molecular formula is C14H19N3O4. The summed E-state index contributed by atoms with van der Waals surface area (Å²) in [5, 5.41) is 0. The van der Waals surface area contributed by atoms with Crippen molar-refractivity contribution in [1.82, 2.24) is 14.9 Å². The van der Waals surface area contributed by atoms with Crippen LogP contribution in [-0.2, 0) is 14.3 Å². The van der Waals surface area contributed by atoms with Gasteiger partial charge in [-0.15, -0.1) is 0 Å². The molecule has 0 saturated carbocycles. The first-order valence-corrected chi connectivity index (χ1v) is 7.04. The third kappa shape index (κ3) is 3.14. The number of aromatic nitrogens is 2. The second kappa shape index (κ2) is 5.95. The van der Waals surface area contributed by atoms with Crippen LogP contribution in [0.3, 0.4) is 0 Å². The number of hydrogen-bond donors (Lipinski definition) is 0. The monoisotopic (exact) mass is 293 g/mol. The van der Waals surface area contributed by atoms with Crippen molar-refractivity contribution in [2.75, 3.05) is 33.4 Å². The van der Waals surface area contributed by atoms with Crippen molar-refractivity contribution in [2.45, 2.75) is 24.5 Å². The lowest BCUT2D eigenvalue weighted by Gasteiger charge is -2.52. The van der Waals surface area contributed by atoms with E-state index in [0.717, 1.165) is 12.8 Å². The van der Waals surface area contributed by atoms with Crippen molar-refractivity contribution < 1.29 is 19.0 Å². The van der Waals surface area contributed by atoms with Crippen molar-refractivity contribution in [3.63, 3.8) is 0 Å². The molecule has 1 spiro atoms. The van der Waals surface area contributed by atoms with Crippen molar-refractivity contribution in [1.29, 1.82) is 0 Å². The zero-order valence-corrected chi connectivity index (χ0v) is 12.0. The van der Waals surface area contributed by atoms with E-state index in [-0.39, 0.29) is 24.2 Å². The van der Waals surface area contributed by atoms with Crippen molar-refractivity contribution in [3.8, 4) is 5.88 Å². The minimum Gasteiger partial charge on any atom is -0.473 e. The molecule has 114 valence electrons. The van der Waals surface area contributed by atoms with E-state index in [1.807, 2.05) is 0 Å². The Labute approximate surface area is 123 Å². The summed E-state index contributed by atoms with van der Waals surface area (Å²) in [6, 6.07) is 0. The molecule has 1 atom stereocenters. The van der Waals surface area contributed by atoms with E-state index in [1.165, 1.54) is 7.11 Å². The first-order chi connectivity index (χ1) is 10.2. The van der Waals surface area contributed by atoms with Crippen LogP contribution in [0.1, 0.15) is 12.8 Å². The van der Waals surface area contributed by atoms with Crippen LogP contribution in [-0.4, -0.2) is 65.9 Å². The van der Waals surface area contributed by atoms with E-state index in [0.29, 0.717) is 25.6 Å². The number of nitrogens with zero attached hydrogens (tertiary/aromatic N) is 3. The Morgan fingerprint density at radius 3 is 3.10 bits per heavy atom. The van der Waals surface area contributed by atoms with E-state index in [2.05, 4.69) is 9.97 Å². The molecule has 7 nitrogen and oxygen atoms in total. The predicted molar refractivity (Wildman–Crippen MR) is 72.8 cm³/mol. The third-order valence-electron chi connectivity index (χ3n) is 3.85. The Balaban J connectivity index is 1.54. The topological polar surface area (TPSA) is 73.8 Å². The highest BCUT2D eigenvalue weighted by molar-refractivity contribution is 5.78. The number of ether oxygens (including phenoxy) is 3. The number of amides is 1. The van der Waals surface area contributed by atoms with E-state index in [1.54, 1.807) is 23.5 Å². The van der Waals surface area contributed by atoms with Gasteiger partial charge in [-0.2, -0.15) is 0 Å². The standard InChI is InChI=1S/C14H19N3O4/c1-19-8-13(18)17-9-14(10-17)6-11(2-5-20-14)21-12-7-15-3-4-16-12/h3-4,7,11H,2,5-6,8-10H2,1H3. The molecule has 0 N–H and O–H groups in total. The molecule has 3 rings (SSSR count). The molecule has 1 unspecified atom stereocenters. The van der Waals surface area contributed by atoms with Gasteiger partial charge < -0.3 is 19.1 Å². The Hall–Kier alpha value is -1.73. The first kappa shape index (κ1) is 14.2. The number of carbonyl (C=O) groups excluding carboxylic acids is 1. The van der Waals surface area contributed by atoms with Gasteiger partial charge in [-0.3, -0.25) is 9.78 Å². The van der Waals surface area contributed by atoms with Crippen LogP contribution in [0.4, 0.5) is 0 Å². The number of methoxy groups -OCH3 is 1. The number of hydrogen-bond acceptors (Lipinski definition) is 6. The minimum absolute atomic E-state index is 0.00342. The highest BCUT2D eigenvalue weighted by Crippen LogP contribution is 2.35. The third-order valence-corrected chi connectivity index (χ3v) is 3.85. The smallest absolute Gasteiger partial charge is 0.248 e. The van der Waals surface area contributed by atoms with Gasteiger partial charge in [-0.05, 0) is 0 Å². The van der Waals surface area contributed by atoms with Gasteiger partial charge in [0.1, 0.15) is 18.3 Å². The highest BCUT2D eigenvalue weighted by atomic mass is 16.5. The van der Waals surface area contributed by atoms with Crippen LogP contribution in [0.25, 0.3) is 0 Å². The summed E-state index contributed by atoms with van der Waals surface area (Å²) < 4.78 is 16.6. The largest absolute Gasteiger partial charge is 0.473 e. The quantitative estimate of drug-likeness (QED) is 0.793. The fourth-order valence-electron chi connectivity index (χ4n) is 2.86. The maximum Gasteiger partial charge on any atom is 0.248 e. The van der Waals surface area contributed by atoms with Gasteiger partial charge in [0.15, 0.2) is 0 Å². The molecule has 2 aliphatic heterocycles. The summed E-state index contributed by atoms with van der Waals surface area (Å²) in [6.45, 7) is 1.97. The zero-order valence-electron chi connectivity index (χ0n) is 12.0. The molecule has 1 aromatic heterocycles. The van der Waals surface area contributed by atoms with E-state index >= 15 is 0 Å². The van der Waals surface area contributed by atoms with E-state index < -0.39 is 0 Å². The van der Waals surface area contributed by atoms with Crippen LogP contribution < -0.4 is 4.74 Å². The molecule has 0 aromatic carbocycles. The van der Waals surface area contributed by atoms with Gasteiger partial charge in [-0.25, -0.2) is 4.98 Å². The number of carbonyl (C=O) groups is 1. The number of likely N-dealkylation sites (tertiary alicyclic amines) is 1.